The lowest BCUT2D eigenvalue weighted by atomic mass is 10.2. The fourth-order valence-corrected chi connectivity index (χ4v) is 1.92. The number of benzene rings is 2. The van der Waals surface area contributed by atoms with Gasteiger partial charge in [-0.25, -0.2) is 13.6 Å². The van der Waals surface area contributed by atoms with Crippen LogP contribution in [0.4, 0.5) is 8.78 Å². The average molecular weight is 327 g/mol. The number of halogens is 3. The molecule has 0 aliphatic heterocycles. The maximum absolute atomic E-state index is 13.0. The highest BCUT2D eigenvalue weighted by atomic mass is 79.9. The predicted octanol–water partition coefficient (Wildman–Crippen LogP) is 4.08. The zero-order valence-corrected chi connectivity index (χ0v) is 11.3. The molecule has 0 N–H and O–H groups in total. The number of carbonyl (C=O) groups is 1. The topological polar surface area (TPSA) is 26.3 Å². The molecular weight excluding hydrogens is 318 g/mol. The van der Waals surface area contributed by atoms with Gasteiger partial charge in [-0.15, -0.1) is 0 Å². The highest BCUT2D eigenvalue weighted by Gasteiger charge is 2.12. The molecule has 0 unspecified atom stereocenters. The van der Waals surface area contributed by atoms with Crippen LogP contribution in [0.5, 0.6) is 0 Å². The van der Waals surface area contributed by atoms with Gasteiger partial charge in [0.2, 0.25) is 0 Å². The molecule has 98 valence electrons. The van der Waals surface area contributed by atoms with Crippen LogP contribution in [-0.4, -0.2) is 5.97 Å². The molecule has 0 atom stereocenters. The largest absolute Gasteiger partial charge is 0.457 e. The molecule has 0 amide bonds. The molecule has 2 aromatic rings. The Hall–Kier alpha value is -1.75. The Morgan fingerprint density at radius 3 is 2.58 bits per heavy atom. The summed E-state index contributed by atoms with van der Waals surface area (Å²) < 4.78 is 31.4. The van der Waals surface area contributed by atoms with Crippen molar-refractivity contribution in [2.45, 2.75) is 6.61 Å². The van der Waals surface area contributed by atoms with E-state index >= 15 is 0 Å². The highest BCUT2D eigenvalue weighted by Crippen LogP contribution is 2.19. The summed E-state index contributed by atoms with van der Waals surface area (Å²) in [5.41, 5.74) is 0.622. The number of carbonyl (C=O) groups excluding carboxylic acids is 1. The summed E-state index contributed by atoms with van der Waals surface area (Å²) in [7, 11) is 0. The van der Waals surface area contributed by atoms with Crippen LogP contribution in [0.2, 0.25) is 0 Å². The van der Waals surface area contributed by atoms with Gasteiger partial charge in [-0.2, -0.15) is 0 Å². The number of ether oxygens (including phenoxy) is 1. The molecular formula is C14H9BrF2O2. The molecule has 0 aromatic heterocycles. The normalized spacial score (nSPS) is 10.3. The third-order valence-electron chi connectivity index (χ3n) is 2.41. The average Bonchev–Trinajstić information content (AvgIpc) is 2.39. The fourth-order valence-electron chi connectivity index (χ4n) is 1.51. The first-order valence-corrected chi connectivity index (χ1v) is 6.22. The van der Waals surface area contributed by atoms with E-state index in [9.17, 15) is 13.6 Å². The quantitative estimate of drug-likeness (QED) is 0.794. The van der Waals surface area contributed by atoms with Crippen molar-refractivity contribution in [2.24, 2.45) is 0 Å². The van der Waals surface area contributed by atoms with E-state index in [1.54, 1.807) is 6.07 Å². The zero-order chi connectivity index (χ0) is 13.8. The predicted molar refractivity (Wildman–Crippen MR) is 69.6 cm³/mol. The van der Waals surface area contributed by atoms with E-state index in [0.29, 0.717) is 10.0 Å². The summed E-state index contributed by atoms with van der Waals surface area (Å²) in [6, 6.07) is 9.47. The Kier molecular flexibility index (Phi) is 4.27. The van der Waals surface area contributed by atoms with Gasteiger partial charge in [-0.05, 0) is 51.8 Å². The zero-order valence-electron chi connectivity index (χ0n) is 9.70. The minimum Gasteiger partial charge on any atom is -0.457 e. The molecule has 2 aromatic carbocycles. The lowest BCUT2D eigenvalue weighted by molar-refractivity contribution is 0.0470. The molecule has 0 bridgehead atoms. The minimum atomic E-state index is -0.671. The van der Waals surface area contributed by atoms with Crippen LogP contribution < -0.4 is 0 Å². The van der Waals surface area contributed by atoms with E-state index in [0.717, 1.165) is 6.07 Å². The van der Waals surface area contributed by atoms with Crippen LogP contribution in [0.3, 0.4) is 0 Å². The SMILES string of the molecule is O=C(OCc1cccc(F)c1)c1cc(F)ccc1Br. The van der Waals surface area contributed by atoms with Gasteiger partial charge < -0.3 is 4.74 Å². The van der Waals surface area contributed by atoms with Crippen LogP contribution >= 0.6 is 15.9 Å². The third kappa shape index (κ3) is 3.61. The molecule has 19 heavy (non-hydrogen) atoms. The Morgan fingerprint density at radius 1 is 1.11 bits per heavy atom. The number of esters is 1. The highest BCUT2D eigenvalue weighted by molar-refractivity contribution is 9.10. The first kappa shape index (κ1) is 13.7. The van der Waals surface area contributed by atoms with Crippen molar-refractivity contribution in [1.82, 2.24) is 0 Å². The van der Waals surface area contributed by atoms with Crippen molar-refractivity contribution in [3.8, 4) is 0 Å². The Balaban J connectivity index is 2.07. The summed E-state index contributed by atoms with van der Waals surface area (Å²) in [5.74, 6) is -1.60. The van der Waals surface area contributed by atoms with Crippen LogP contribution in [0.25, 0.3) is 0 Å². The van der Waals surface area contributed by atoms with Crippen molar-refractivity contribution in [1.29, 1.82) is 0 Å². The summed E-state index contributed by atoms with van der Waals surface area (Å²) in [6.45, 7) is -0.0699. The van der Waals surface area contributed by atoms with E-state index in [1.165, 1.54) is 30.3 Å². The Labute approximate surface area is 117 Å². The minimum absolute atomic E-state index is 0.0699. The van der Waals surface area contributed by atoms with Gasteiger partial charge in [-0.3, -0.25) is 0 Å². The van der Waals surface area contributed by atoms with Gasteiger partial charge in [0.15, 0.2) is 0 Å². The number of rotatable bonds is 3. The standard InChI is InChI=1S/C14H9BrF2O2/c15-13-5-4-11(17)7-12(13)14(18)19-8-9-2-1-3-10(16)6-9/h1-7H,8H2. The second kappa shape index (κ2) is 5.93. The molecule has 2 rings (SSSR count). The van der Waals surface area contributed by atoms with E-state index in [4.69, 9.17) is 4.74 Å². The lowest BCUT2D eigenvalue weighted by Crippen LogP contribution is -2.06. The van der Waals surface area contributed by atoms with Crippen LogP contribution in [0, 0.1) is 11.6 Å². The van der Waals surface area contributed by atoms with E-state index in [1.807, 2.05) is 0 Å². The molecule has 5 heteroatoms. The fraction of sp³-hybridized carbons (Fsp3) is 0.0714. The van der Waals surface area contributed by atoms with Crippen molar-refractivity contribution >= 4 is 21.9 Å². The molecule has 0 aliphatic carbocycles. The summed E-state index contributed by atoms with van der Waals surface area (Å²) in [4.78, 5) is 11.8. The molecule has 0 spiro atoms. The van der Waals surface area contributed by atoms with Crippen LogP contribution in [-0.2, 0) is 11.3 Å². The molecule has 2 nitrogen and oxygen atoms in total. The number of hydrogen-bond acceptors (Lipinski definition) is 2. The van der Waals surface area contributed by atoms with Gasteiger partial charge >= 0.3 is 5.97 Å². The first-order valence-electron chi connectivity index (χ1n) is 5.43. The van der Waals surface area contributed by atoms with Gasteiger partial charge in [0.1, 0.15) is 18.2 Å². The molecule has 0 radical (unpaired) electrons. The maximum atomic E-state index is 13.0. The smallest absolute Gasteiger partial charge is 0.339 e. The van der Waals surface area contributed by atoms with Gasteiger partial charge in [0.05, 0.1) is 5.56 Å². The second-order valence-electron chi connectivity index (χ2n) is 3.83. The van der Waals surface area contributed by atoms with Crippen LogP contribution in [0.1, 0.15) is 15.9 Å². The summed E-state index contributed by atoms with van der Waals surface area (Å²) >= 11 is 3.14. The van der Waals surface area contributed by atoms with Gasteiger partial charge in [0, 0.05) is 4.47 Å². The molecule has 0 heterocycles. The maximum Gasteiger partial charge on any atom is 0.339 e. The number of hydrogen-bond donors (Lipinski definition) is 0. The molecule has 0 aliphatic rings. The van der Waals surface area contributed by atoms with Gasteiger partial charge in [0.25, 0.3) is 0 Å². The Bertz CT molecular complexity index is 614. The molecule has 0 saturated heterocycles. The van der Waals surface area contributed by atoms with Crippen molar-refractivity contribution in [3.63, 3.8) is 0 Å². The van der Waals surface area contributed by atoms with Crippen molar-refractivity contribution in [2.75, 3.05) is 0 Å². The van der Waals surface area contributed by atoms with Gasteiger partial charge in [-0.1, -0.05) is 12.1 Å². The lowest BCUT2D eigenvalue weighted by Gasteiger charge is -2.06. The summed E-state index contributed by atoms with van der Waals surface area (Å²) in [5, 5.41) is 0. The summed E-state index contributed by atoms with van der Waals surface area (Å²) in [6.07, 6.45) is 0. The van der Waals surface area contributed by atoms with E-state index in [-0.39, 0.29) is 12.2 Å². The Morgan fingerprint density at radius 2 is 1.84 bits per heavy atom. The molecule has 0 saturated carbocycles. The second-order valence-corrected chi connectivity index (χ2v) is 4.68. The van der Waals surface area contributed by atoms with E-state index < -0.39 is 17.6 Å². The monoisotopic (exact) mass is 326 g/mol. The van der Waals surface area contributed by atoms with Crippen LogP contribution in [0.15, 0.2) is 46.9 Å². The van der Waals surface area contributed by atoms with E-state index in [2.05, 4.69) is 15.9 Å². The molecule has 0 fully saturated rings. The third-order valence-corrected chi connectivity index (χ3v) is 3.10. The van der Waals surface area contributed by atoms with Crippen molar-refractivity contribution < 1.29 is 18.3 Å². The van der Waals surface area contributed by atoms with Crippen molar-refractivity contribution in [3.05, 3.63) is 69.7 Å². The first-order chi connectivity index (χ1) is 9.06.